The van der Waals surface area contributed by atoms with Crippen LogP contribution in [0.25, 0.3) is 0 Å². The van der Waals surface area contributed by atoms with Crippen molar-refractivity contribution >= 4 is 21.2 Å². The predicted molar refractivity (Wildman–Crippen MR) is 105 cm³/mol. The Bertz CT molecular complexity index is 914. The highest BCUT2D eigenvalue weighted by Gasteiger charge is 2.11. The Morgan fingerprint density at radius 2 is 1.70 bits per heavy atom. The molecular formula is C20H21O5S2-. The minimum absolute atomic E-state index is 0.0800. The molecule has 7 heteroatoms. The molecule has 2 aromatic rings. The predicted octanol–water partition coefficient (Wildman–Crippen LogP) is 4.02. The van der Waals surface area contributed by atoms with Crippen LogP contribution in [-0.4, -0.2) is 21.7 Å². The van der Waals surface area contributed by atoms with Gasteiger partial charge in [0, 0.05) is 10.8 Å². The molecule has 0 aliphatic heterocycles. The van der Waals surface area contributed by atoms with Crippen LogP contribution in [0.4, 0.5) is 0 Å². The van der Waals surface area contributed by atoms with E-state index in [4.69, 9.17) is 4.55 Å². The molecule has 0 aromatic heterocycles. The van der Waals surface area contributed by atoms with Gasteiger partial charge < -0.3 is 4.55 Å². The molecule has 0 saturated carbocycles. The fourth-order valence-electron chi connectivity index (χ4n) is 2.66. The maximum absolute atomic E-state index is 11.1. The second-order valence-electron chi connectivity index (χ2n) is 6.02. The quantitative estimate of drug-likeness (QED) is 0.386. The third-order valence-corrected chi connectivity index (χ3v) is 5.70. The summed E-state index contributed by atoms with van der Waals surface area (Å²) in [6, 6.07) is 12.9. The number of allylic oxidation sites excluding steroid dienone is 3. The lowest BCUT2D eigenvalue weighted by atomic mass is 9.94. The van der Waals surface area contributed by atoms with Crippen LogP contribution in [0, 0.1) is 0 Å². The molecule has 0 aliphatic carbocycles. The molecule has 0 bridgehead atoms. The molecule has 2 aromatic carbocycles. The van der Waals surface area contributed by atoms with E-state index >= 15 is 0 Å². The van der Waals surface area contributed by atoms with Crippen LogP contribution < -0.4 is 0 Å². The molecule has 27 heavy (non-hydrogen) atoms. The van der Waals surface area contributed by atoms with Gasteiger partial charge in [-0.3, -0.25) is 8.76 Å². The van der Waals surface area contributed by atoms with Crippen LogP contribution in [-0.2, 0) is 27.6 Å². The monoisotopic (exact) mass is 405 g/mol. The van der Waals surface area contributed by atoms with E-state index in [-0.39, 0.29) is 15.7 Å². The number of hydrogen-bond acceptors (Lipinski definition) is 4. The molecule has 0 radical (unpaired) electrons. The number of hydrogen-bond donors (Lipinski definition) is 1. The van der Waals surface area contributed by atoms with Crippen molar-refractivity contribution in [1.82, 2.24) is 0 Å². The minimum Gasteiger partial charge on any atom is -0.768 e. The van der Waals surface area contributed by atoms with Crippen LogP contribution >= 0.6 is 0 Å². The molecule has 0 saturated heterocycles. The average Bonchev–Trinajstić information content (AvgIpc) is 2.64. The Morgan fingerprint density at radius 3 is 2.22 bits per heavy atom. The molecule has 2 rings (SSSR count). The third-order valence-electron chi connectivity index (χ3n) is 4.17. The van der Waals surface area contributed by atoms with E-state index in [1.54, 1.807) is 36.4 Å². The third kappa shape index (κ3) is 6.55. The van der Waals surface area contributed by atoms with E-state index in [0.29, 0.717) is 6.42 Å². The van der Waals surface area contributed by atoms with Crippen LogP contribution in [0.5, 0.6) is 0 Å². The van der Waals surface area contributed by atoms with E-state index in [0.717, 1.165) is 24.0 Å². The summed E-state index contributed by atoms with van der Waals surface area (Å²) in [6.45, 7) is 3.84. The maximum Gasteiger partial charge on any atom is 0.294 e. The van der Waals surface area contributed by atoms with Gasteiger partial charge >= 0.3 is 0 Å². The Balaban J connectivity index is 1.87. The average molecular weight is 406 g/mol. The fourth-order valence-corrected chi connectivity index (χ4v) is 3.50. The van der Waals surface area contributed by atoms with E-state index in [1.165, 1.54) is 12.1 Å². The summed E-state index contributed by atoms with van der Waals surface area (Å²) < 4.78 is 52.9. The fraction of sp³-hybridized carbons (Fsp3) is 0.200. The highest BCUT2D eigenvalue weighted by atomic mass is 32.2. The summed E-state index contributed by atoms with van der Waals surface area (Å²) in [7, 11) is -4.18. The molecule has 144 valence electrons. The van der Waals surface area contributed by atoms with E-state index < -0.39 is 21.2 Å². The van der Waals surface area contributed by atoms with Crippen molar-refractivity contribution in [3.8, 4) is 0 Å². The second-order valence-corrected chi connectivity index (χ2v) is 8.38. The van der Waals surface area contributed by atoms with Crippen LogP contribution in [0.3, 0.4) is 0 Å². The van der Waals surface area contributed by atoms with Gasteiger partial charge in [0.05, 0.1) is 4.90 Å². The molecule has 0 spiro atoms. The van der Waals surface area contributed by atoms with E-state index in [2.05, 4.69) is 12.7 Å². The van der Waals surface area contributed by atoms with Crippen molar-refractivity contribution in [2.45, 2.75) is 35.0 Å². The molecule has 0 fully saturated rings. The summed E-state index contributed by atoms with van der Waals surface area (Å²) in [6.07, 6.45) is 8.26. The summed E-state index contributed by atoms with van der Waals surface area (Å²) in [5.74, 6) is 0.0800. The lowest BCUT2D eigenvalue weighted by Crippen LogP contribution is -2.00. The zero-order chi connectivity index (χ0) is 19.9. The molecular weight excluding hydrogens is 384 g/mol. The van der Waals surface area contributed by atoms with Crippen molar-refractivity contribution < 1.29 is 21.7 Å². The number of benzene rings is 2. The first-order valence-corrected chi connectivity index (χ1v) is 10.9. The second kappa shape index (κ2) is 9.75. The zero-order valence-electron chi connectivity index (χ0n) is 14.7. The molecule has 5 nitrogen and oxygen atoms in total. The van der Waals surface area contributed by atoms with Crippen molar-refractivity contribution in [3.05, 3.63) is 84.5 Å². The largest absolute Gasteiger partial charge is 0.768 e. The maximum atomic E-state index is 11.1. The summed E-state index contributed by atoms with van der Waals surface area (Å²) in [4.78, 5) is 0.150. The Kier molecular flexibility index (Phi) is 7.67. The van der Waals surface area contributed by atoms with Gasteiger partial charge in [-0.2, -0.15) is 8.42 Å². The van der Waals surface area contributed by atoms with Gasteiger partial charge in [-0.1, -0.05) is 42.5 Å². The standard InChI is InChI=1S/C20H22O5S2/c1-2-17(18-10-14-20(15-11-18)27(23,24)25)7-5-3-4-6-16-8-12-19(13-9-16)26(21)22/h2-4,8-15,17H,1,5-7H2,(H,21,22)(H,23,24,25)/p-1/b4-3+. The van der Waals surface area contributed by atoms with Gasteiger partial charge in [-0.15, -0.1) is 6.58 Å². The minimum atomic E-state index is -4.18. The lowest BCUT2D eigenvalue weighted by molar-refractivity contribution is 0.483. The lowest BCUT2D eigenvalue weighted by Gasteiger charge is -2.12. The normalized spacial score (nSPS) is 14.1. The SMILES string of the molecule is C=CC(CC/C=C/Cc1ccc(S(=O)[O-])cc1)c1ccc(S(=O)(=O)O)cc1. The summed E-state index contributed by atoms with van der Waals surface area (Å²) in [5.41, 5.74) is 1.97. The Hall–Kier alpha value is -2.06. The van der Waals surface area contributed by atoms with Crippen LogP contribution in [0.15, 0.2) is 83.1 Å². The van der Waals surface area contributed by atoms with Gasteiger partial charge in [0.2, 0.25) is 0 Å². The van der Waals surface area contributed by atoms with Crippen molar-refractivity contribution in [2.75, 3.05) is 0 Å². The highest BCUT2D eigenvalue weighted by molar-refractivity contribution is 7.85. The molecule has 0 aliphatic rings. The Labute approximate surface area is 162 Å². The number of rotatable bonds is 9. The first kappa shape index (κ1) is 21.2. The first-order chi connectivity index (χ1) is 12.8. The first-order valence-electron chi connectivity index (χ1n) is 8.34. The van der Waals surface area contributed by atoms with Gasteiger partial charge in [-0.05, 0) is 65.7 Å². The van der Waals surface area contributed by atoms with Crippen molar-refractivity contribution in [1.29, 1.82) is 0 Å². The van der Waals surface area contributed by atoms with Gasteiger partial charge in [0.1, 0.15) is 0 Å². The smallest absolute Gasteiger partial charge is 0.294 e. The molecule has 0 heterocycles. The summed E-state index contributed by atoms with van der Waals surface area (Å²) >= 11 is -2.20. The topological polar surface area (TPSA) is 94.5 Å². The molecule has 2 atom stereocenters. The highest BCUT2D eigenvalue weighted by Crippen LogP contribution is 2.24. The van der Waals surface area contributed by atoms with Gasteiger partial charge in [0.25, 0.3) is 10.1 Å². The zero-order valence-corrected chi connectivity index (χ0v) is 16.3. The van der Waals surface area contributed by atoms with Crippen LogP contribution in [0.2, 0.25) is 0 Å². The van der Waals surface area contributed by atoms with Gasteiger partial charge in [0.15, 0.2) is 0 Å². The van der Waals surface area contributed by atoms with Crippen molar-refractivity contribution in [2.24, 2.45) is 0 Å². The van der Waals surface area contributed by atoms with Crippen molar-refractivity contribution in [3.63, 3.8) is 0 Å². The van der Waals surface area contributed by atoms with Gasteiger partial charge in [-0.25, -0.2) is 0 Å². The van der Waals surface area contributed by atoms with E-state index in [1.807, 2.05) is 12.2 Å². The molecule has 2 unspecified atom stereocenters. The molecule has 1 N–H and O–H groups in total. The molecule has 0 amide bonds. The van der Waals surface area contributed by atoms with E-state index in [9.17, 15) is 17.2 Å². The van der Waals surface area contributed by atoms with Crippen LogP contribution in [0.1, 0.15) is 29.9 Å². The Morgan fingerprint density at radius 1 is 1.07 bits per heavy atom. The summed E-state index contributed by atoms with van der Waals surface area (Å²) in [5, 5.41) is 0.